The van der Waals surface area contributed by atoms with Crippen LogP contribution < -0.4 is 15.6 Å². The first-order chi connectivity index (χ1) is 12.4. The van der Waals surface area contributed by atoms with Crippen molar-refractivity contribution < 1.29 is 14.3 Å². The third-order valence-electron chi connectivity index (χ3n) is 5.58. The van der Waals surface area contributed by atoms with Gasteiger partial charge in [-0.1, -0.05) is 0 Å². The normalized spacial score (nSPS) is 20.1. The standard InChI is InChI=1S/C19H22FN3O3/c1-10-16-14(7-15(17(10)20)22-6-5-11(8-22)21-2)23(12-3-4-12)9-13(18(16)24)19(25)26/h7,9,11-12,21H,3-6,8H2,1-2H3,(H,25,26). The molecule has 1 unspecified atom stereocenters. The van der Waals surface area contributed by atoms with Crippen molar-refractivity contribution in [1.29, 1.82) is 0 Å². The van der Waals surface area contributed by atoms with Gasteiger partial charge < -0.3 is 19.9 Å². The summed E-state index contributed by atoms with van der Waals surface area (Å²) in [6.45, 7) is 3.02. The number of aryl methyl sites for hydroxylation is 1. The van der Waals surface area contributed by atoms with Crippen LogP contribution in [0.25, 0.3) is 10.9 Å². The van der Waals surface area contributed by atoms with Gasteiger partial charge in [0.1, 0.15) is 11.4 Å². The van der Waals surface area contributed by atoms with Gasteiger partial charge in [0.2, 0.25) is 5.43 Å². The molecule has 2 heterocycles. The Morgan fingerprint density at radius 3 is 2.65 bits per heavy atom. The predicted octanol–water partition coefficient (Wildman–Crippen LogP) is 2.28. The summed E-state index contributed by atoms with van der Waals surface area (Å²) in [4.78, 5) is 26.2. The number of likely N-dealkylation sites (N-methyl/N-ethyl adjacent to an activating group) is 1. The highest BCUT2D eigenvalue weighted by atomic mass is 19.1. The molecule has 2 N–H and O–H groups in total. The van der Waals surface area contributed by atoms with Crippen LogP contribution in [-0.2, 0) is 0 Å². The number of anilines is 1. The molecule has 1 aliphatic heterocycles. The Balaban J connectivity index is 1.97. The van der Waals surface area contributed by atoms with Gasteiger partial charge in [0, 0.05) is 36.9 Å². The van der Waals surface area contributed by atoms with E-state index >= 15 is 4.39 Å². The molecule has 1 aromatic heterocycles. The molecule has 2 aromatic rings. The summed E-state index contributed by atoms with van der Waals surface area (Å²) in [5.74, 6) is -1.71. The van der Waals surface area contributed by atoms with Crippen LogP contribution in [0.15, 0.2) is 17.1 Å². The van der Waals surface area contributed by atoms with E-state index in [0.717, 1.165) is 25.8 Å². The highest BCUT2D eigenvalue weighted by molar-refractivity contribution is 5.95. The number of hydrogen-bond donors (Lipinski definition) is 2. The van der Waals surface area contributed by atoms with E-state index in [1.807, 2.05) is 16.5 Å². The molecule has 4 rings (SSSR count). The van der Waals surface area contributed by atoms with Gasteiger partial charge in [-0.05, 0) is 39.3 Å². The molecule has 0 spiro atoms. The number of benzene rings is 1. The molecule has 1 aromatic carbocycles. The molecule has 26 heavy (non-hydrogen) atoms. The third-order valence-corrected chi connectivity index (χ3v) is 5.58. The molecule has 2 aliphatic rings. The Morgan fingerprint density at radius 1 is 1.35 bits per heavy atom. The van der Waals surface area contributed by atoms with Gasteiger partial charge in [0.05, 0.1) is 16.6 Å². The first-order valence-corrected chi connectivity index (χ1v) is 8.95. The van der Waals surface area contributed by atoms with Gasteiger partial charge in [-0.2, -0.15) is 0 Å². The lowest BCUT2D eigenvalue weighted by molar-refractivity contribution is 0.0695. The van der Waals surface area contributed by atoms with Crippen LogP contribution in [0.3, 0.4) is 0 Å². The van der Waals surface area contributed by atoms with Gasteiger partial charge in [-0.3, -0.25) is 4.79 Å². The maximum absolute atomic E-state index is 15.1. The van der Waals surface area contributed by atoms with Crippen LogP contribution in [0.5, 0.6) is 0 Å². The second-order valence-corrected chi connectivity index (χ2v) is 7.26. The zero-order valence-corrected chi connectivity index (χ0v) is 14.9. The molecule has 0 bridgehead atoms. The number of hydrogen-bond acceptors (Lipinski definition) is 4. The van der Waals surface area contributed by atoms with Gasteiger partial charge in [0.25, 0.3) is 0 Å². The van der Waals surface area contributed by atoms with Crippen molar-refractivity contribution in [1.82, 2.24) is 9.88 Å². The Hall–Kier alpha value is -2.41. The molecule has 138 valence electrons. The molecule has 1 saturated heterocycles. The summed E-state index contributed by atoms with van der Waals surface area (Å²) >= 11 is 0. The lowest BCUT2D eigenvalue weighted by Gasteiger charge is -2.23. The van der Waals surface area contributed by atoms with E-state index in [1.54, 1.807) is 13.0 Å². The monoisotopic (exact) mass is 359 g/mol. The summed E-state index contributed by atoms with van der Waals surface area (Å²) in [6.07, 6.45) is 4.23. The molecule has 7 heteroatoms. The number of carboxylic acids is 1. The number of halogens is 1. The fourth-order valence-electron chi connectivity index (χ4n) is 3.90. The minimum atomic E-state index is -1.27. The summed E-state index contributed by atoms with van der Waals surface area (Å²) < 4.78 is 17.0. The molecule has 0 radical (unpaired) electrons. The van der Waals surface area contributed by atoms with E-state index in [2.05, 4.69) is 5.32 Å². The Morgan fingerprint density at radius 2 is 2.08 bits per heavy atom. The molecule has 1 aliphatic carbocycles. The second kappa shape index (κ2) is 6.09. The van der Waals surface area contributed by atoms with Crippen LogP contribution in [-0.4, -0.2) is 41.8 Å². The number of nitrogens with one attached hydrogen (secondary N) is 1. The molecule has 1 saturated carbocycles. The van der Waals surface area contributed by atoms with E-state index in [9.17, 15) is 14.7 Å². The molecule has 1 atom stereocenters. The van der Waals surface area contributed by atoms with E-state index in [1.165, 1.54) is 6.20 Å². The van der Waals surface area contributed by atoms with Crippen LogP contribution in [0.2, 0.25) is 0 Å². The largest absolute Gasteiger partial charge is 0.477 e. The summed E-state index contributed by atoms with van der Waals surface area (Å²) in [7, 11) is 1.90. The topological polar surface area (TPSA) is 74.6 Å². The van der Waals surface area contributed by atoms with Gasteiger partial charge in [-0.15, -0.1) is 0 Å². The maximum Gasteiger partial charge on any atom is 0.341 e. The number of fused-ring (bicyclic) bond motifs is 1. The van der Waals surface area contributed by atoms with Crippen molar-refractivity contribution in [2.75, 3.05) is 25.0 Å². The fraction of sp³-hybridized carbons (Fsp3) is 0.474. The number of carbonyl (C=O) groups is 1. The average Bonchev–Trinajstić information content (AvgIpc) is 3.34. The number of rotatable bonds is 4. The van der Waals surface area contributed by atoms with Crippen molar-refractivity contribution in [3.63, 3.8) is 0 Å². The first kappa shape index (κ1) is 17.0. The highest BCUT2D eigenvalue weighted by Crippen LogP contribution is 2.39. The number of pyridine rings is 1. The van der Waals surface area contributed by atoms with Gasteiger partial charge >= 0.3 is 5.97 Å². The van der Waals surface area contributed by atoms with Crippen LogP contribution in [0.4, 0.5) is 10.1 Å². The van der Waals surface area contributed by atoms with E-state index < -0.39 is 17.2 Å². The average molecular weight is 359 g/mol. The van der Waals surface area contributed by atoms with Crippen molar-refractivity contribution in [2.24, 2.45) is 0 Å². The summed E-state index contributed by atoms with van der Waals surface area (Å²) in [5.41, 5.74) is 0.444. The predicted molar refractivity (Wildman–Crippen MR) is 97.8 cm³/mol. The number of nitrogens with zero attached hydrogens (tertiary/aromatic N) is 2. The molecule has 2 fully saturated rings. The zero-order chi connectivity index (χ0) is 18.6. The van der Waals surface area contributed by atoms with E-state index in [4.69, 9.17) is 0 Å². The van der Waals surface area contributed by atoms with E-state index in [-0.39, 0.29) is 22.6 Å². The minimum Gasteiger partial charge on any atom is -0.477 e. The summed E-state index contributed by atoms with van der Waals surface area (Å²) in [6, 6.07) is 2.21. The van der Waals surface area contributed by atoms with Gasteiger partial charge in [0.15, 0.2) is 0 Å². The Kier molecular flexibility index (Phi) is 3.99. The van der Waals surface area contributed by atoms with E-state index in [0.29, 0.717) is 23.8 Å². The van der Waals surface area contributed by atoms with Crippen molar-refractivity contribution in [3.8, 4) is 0 Å². The minimum absolute atomic E-state index is 0.178. The molecular weight excluding hydrogens is 337 g/mol. The number of aromatic nitrogens is 1. The highest BCUT2D eigenvalue weighted by Gasteiger charge is 2.30. The SMILES string of the molecule is CNC1CCN(c2cc3c(c(C)c2F)c(=O)c(C(=O)O)cn3C2CC2)C1. The quantitative estimate of drug-likeness (QED) is 0.876. The lowest BCUT2D eigenvalue weighted by atomic mass is 10.0. The smallest absolute Gasteiger partial charge is 0.341 e. The van der Waals surface area contributed by atoms with Crippen molar-refractivity contribution >= 4 is 22.6 Å². The third kappa shape index (κ3) is 2.58. The van der Waals surface area contributed by atoms with Gasteiger partial charge in [-0.25, -0.2) is 9.18 Å². The van der Waals surface area contributed by atoms with Crippen LogP contribution in [0, 0.1) is 12.7 Å². The fourth-order valence-corrected chi connectivity index (χ4v) is 3.90. The van der Waals surface area contributed by atoms with Crippen LogP contribution >= 0.6 is 0 Å². The Bertz CT molecular complexity index is 965. The lowest BCUT2D eigenvalue weighted by Crippen LogP contribution is -2.30. The maximum atomic E-state index is 15.1. The molecular formula is C19H22FN3O3. The summed E-state index contributed by atoms with van der Waals surface area (Å²) in [5, 5.41) is 12.8. The second-order valence-electron chi connectivity index (χ2n) is 7.26. The molecule has 0 amide bonds. The van der Waals surface area contributed by atoms with Crippen LogP contribution in [0.1, 0.15) is 41.2 Å². The Labute approximate surface area is 150 Å². The number of carboxylic acid groups (broad SMARTS) is 1. The molecule has 6 nitrogen and oxygen atoms in total. The zero-order valence-electron chi connectivity index (χ0n) is 14.9. The number of aromatic carboxylic acids is 1. The first-order valence-electron chi connectivity index (χ1n) is 8.95. The van der Waals surface area contributed by atoms with Crippen molar-refractivity contribution in [3.05, 3.63) is 39.4 Å². The van der Waals surface area contributed by atoms with Crippen molar-refractivity contribution in [2.45, 2.75) is 38.3 Å².